The number of rotatable bonds is 6. The second kappa shape index (κ2) is 5.24. The van der Waals surface area contributed by atoms with Crippen molar-refractivity contribution in [1.29, 1.82) is 0 Å². The summed E-state index contributed by atoms with van der Waals surface area (Å²) in [5, 5.41) is 7.77. The van der Waals surface area contributed by atoms with Crippen LogP contribution in [0.5, 0.6) is 0 Å². The Bertz CT molecular complexity index is 384. The van der Waals surface area contributed by atoms with E-state index in [2.05, 4.69) is 0 Å². The number of aliphatic hydroxyl groups is 1. The van der Waals surface area contributed by atoms with E-state index in [9.17, 15) is 16.8 Å². The fourth-order valence-electron chi connectivity index (χ4n) is 1.16. The minimum absolute atomic E-state index is 0.0878. The maximum atomic E-state index is 11.6. The predicted molar refractivity (Wildman–Crippen MR) is 57.6 cm³/mol. The number of hydrogen-bond donors (Lipinski definition) is 1. The van der Waals surface area contributed by atoms with Crippen LogP contribution in [-0.2, 0) is 19.9 Å². The first-order valence-electron chi connectivity index (χ1n) is 4.38. The standard InChI is InChI=1S/C7H17NO5S2/c1-7(2)8(4-5-9)15(12,13)6-14(3,10)11/h7,9H,4-6H2,1-3H3. The Morgan fingerprint density at radius 3 is 1.93 bits per heavy atom. The Kier molecular flexibility index (Phi) is 5.18. The summed E-state index contributed by atoms with van der Waals surface area (Å²) in [4.78, 5) is 0. The van der Waals surface area contributed by atoms with Crippen LogP contribution in [0, 0.1) is 0 Å². The van der Waals surface area contributed by atoms with E-state index >= 15 is 0 Å². The highest BCUT2D eigenvalue weighted by atomic mass is 32.3. The van der Waals surface area contributed by atoms with Gasteiger partial charge in [-0.25, -0.2) is 16.8 Å². The average Bonchev–Trinajstić information content (AvgIpc) is 1.93. The highest BCUT2D eigenvalue weighted by molar-refractivity contribution is 8.06. The number of hydrogen-bond acceptors (Lipinski definition) is 5. The fraction of sp³-hybridized carbons (Fsp3) is 1.00. The van der Waals surface area contributed by atoms with Gasteiger partial charge in [-0.15, -0.1) is 0 Å². The molecular formula is C7H17NO5S2. The Balaban J connectivity index is 4.97. The van der Waals surface area contributed by atoms with Gasteiger partial charge in [0.15, 0.2) is 14.9 Å². The molecule has 0 bridgehead atoms. The third-order valence-electron chi connectivity index (χ3n) is 1.62. The molecule has 6 nitrogen and oxygen atoms in total. The maximum Gasteiger partial charge on any atom is 0.228 e. The molecule has 92 valence electrons. The molecule has 0 atom stereocenters. The quantitative estimate of drug-likeness (QED) is 0.662. The second-order valence-electron chi connectivity index (χ2n) is 3.58. The van der Waals surface area contributed by atoms with Crippen LogP contribution in [-0.4, -0.2) is 56.8 Å². The van der Waals surface area contributed by atoms with Crippen LogP contribution in [0.15, 0.2) is 0 Å². The summed E-state index contributed by atoms with van der Waals surface area (Å²) in [5.41, 5.74) is 0. The minimum atomic E-state index is -3.86. The van der Waals surface area contributed by atoms with Crippen molar-refractivity contribution in [2.24, 2.45) is 0 Å². The van der Waals surface area contributed by atoms with Gasteiger partial charge < -0.3 is 5.11 Å². The predicted octanol–water partition coefficient (Wildman–Crippen LogP) is -0.979. The molecule has 0 unspecified atom stereocenters. The normalized spacial score (nSPS) is 13.7. The minimum Gasteiger partial charge on any atom is -0.395 e. The molecule has 15 heavy (non-hydrogen) atoms. The van der Waals surface area contributed by atoms with Crippen molar-refractivity contribution in [3.05, 3.63) is 0 Å². The molecule has 0 aliphatic carbocycles. The van der Waals surface area contributed by atoms with Crippen LogP contribution in [0.3, 0.4) is 0 Å². The molecule has 0 fully saturated rings. The highest BCUT2D eigenvalue weighted by Gasteiger charge is 2.28. The molecule has 0 aromatic heterocycles. The van der Waals surface area contributed by atoms with Gasteiger partial charge in [-0.1, -0.05) is 0 Å². The zero-order valence-corrected chi connectivity index (χ0v) is 10.7. The van der Waals surface area contributed by atoms with E-state index in [0.717, 1.165) is 10.6 Å². The molecule has 0 rings (SSSR count). The van der Waals surface area contributed by atoms with Crippen molar-refractivity contribution in [3.8, 4) is 0 Å². The monoisotopic (exact) mass is 259 g/mol. The van der Waals surface area contributed by atoms with Crippen molar-refractivity contribution >= 4 is 19.9 Å². The van der Waals surface area contributed by atoms with E-state index < -0.39 is 24.9 Å². The summed E-state index contributed by atoms with van der Waals surface area (Å²) in [6.07, 6.45) is 0.863. The van der Waals surface area contributed by atoms with E-state index in [1.165, 1.54) is 0 Å². The molecule has 0 aliphatic heterocycles. The van der Waals surface area contributed by atoms with Gasteiger partial charge in [0.1, 0.15) is 0 Å². The highest BCUT2D eigenvalue weighted by Crippen LogP contribution is 2.08. The van der Waals surface area contributed by atoms with Crippen molar-refractivity contribution < 1.29 is 21.9 Å². The maximum absolute atomic E-state index is 11.6. The van der Waals surface area contributed by atoms with Crippen LogP contribution >= 0.6 is 0 Å². The average molecular weight is 259 g/mol. The Labute approximate surface area is 90.9 Å². The SMILES string of the molecule is CC(C)N(CCO)S(=O)(=O)CS(C)(=O)=O. The Hall–Kier alpha value is -0.180. The number of aliphatic hydroxyl groups excluding tert-OH is 1. The molecule has 0 saturated heterocycles. The van der Waals surface area contributed by atoms with E-state index in [0.29, 0.717) is 0 Å². The molecule has 0 aromatic rings. The van der Waals surface area contributed by atoms with Crippen molar-refractivity contribution in [2.75, 3.05) is 24.5 Å². The first-order chi connectivity index (χ1) is 6.60. The molecule has 0 saturated carbocycles. The van der Waals surface area contributed by atoms with Gasteiger partial charge in [-0.3, -0.25) is 0 Å². The van der Waals surface area contributed by atoms with E-state index in [1.54, 1.807) is 13.8 Å². The summed E-state index contributed by atoms with van der Waals surface area (Å²) in [6, 6.07) is -0.371. The van der Waals surface area contributed by atoms with Gasteiger partial charge in [0.05, 0.1) is 6.61 Å². The summed E-state index contributed by atoms with van der Waals surface area (Å²) in [6.45, 7) is 2.82. The first kappa shape index (κ1) is 14.8. The topological polar surface area (TPSA) is 91.8 Å². The lowest BCUT2D eigenvalue weighted by molar-refractivity contribution is 0.237. The van der Waals surface area contributed by atoms with Crippen LogP contribution in [0.2, 0.25) is 0 Å². The molecule has 0 aliphatic rings. The van der Waals surface area contributed by atoms with Crippen molar-refractivity contribution in [1.82, 2.24) is 4.31 Å². The van der Waals surface area contributed by atoms with Crippen LogP contribution in [0.4, 0.5) is 0 Å². The number of sulfonamides is 1. The lowest BCUT2D eigenvalue weighted by Crippen LogP contribution is -2.41. The number of nitrogens with zero attached hydrogens (tertiary/aromatic N) is 1. The van der Waals surface area contributed by atoms with Crippen LogP contribution < -0.4 is 0 Å². The molecule has 0 aromatic carbocycles. The zero-order chi connectivity index (χ0) is 12.3. The van der Waals surface area contributed by atoms with E-state index in [4.69, 9.17) is 5.11 Å². The van der Waals surface area contributed by atoms with Gasteiger partial charge in [0.25, 0.3) is 0 Å². The van der Waals surface area contributed by atoms with Gasteiger partial charge in [-0.05, 0) is 13.8 Å². The van der Waals surface area contributed by atoms with Crippen molar-refractivity contribution in [2.45, 2.75) is 19.9 Å². The number of sulfone groups is 1. The van der Waals surface area contributed by atoms with E-state index in [1.807, 2.05) is 0 Å². The Morgan fingerprint density at radius 2 is 1.67 bits per heavy atom. The summed E-state index contributed by atoms with van der Waals surface area (Å²) < 4.78 is 46.0. The lowest BCUT2D eigenvalue weighted by Gasteiger charge is -2.24. The Morgan fingerprint density at radius 1 is 1.20 bits per heavy atom. The van der Waals surface area contributed by atoms with Gasteiger partial charge in [0.2, 0.25) is 10.0 Å². The molecular weight excluding hydrogens is 242 g/mol. The molecule has 0 spiro atoms. The van der Waals surface area contributed by atoms with Gasteiger partial charge in [-0.2, -0.15) is 4.31 Å². The first-order valence-corrected chi connectivity index (χ1v) is 8.05. The summed E-state index contributed by atoms with van der Waals surface area (Å²) in [5.74, 6) is 0. The molecule has 0 amide bonds. The molecule has 1 N–H and O–H groups in total. The van der Waals surface area contributed by atoms with Crippen LogP contribution in [0.1, 0.15) is 13.8 Å². The van der Waals surface area contributed by atoms with Crippen molar-refractivity contribution in [3.63, 3.8) is 0 Å². The van der Waals surface area contributed by atoms with Gasteiger partial charge in [0, 0.05) is 18.8 Å². The molecule has 8 heteroatoms. The summed E-state index contributed by atoms with van der Waals surface area (Å²) in [7, 11) is -7.45. The summed E-state index contributed by atoms with van der Waals surface area (Å²) >= 11 is 0. The van der Waals surface area contributed by atoms with E-state index in [-0.39, 0.29) is 19.2 Å². The lowest BCUT2D eigenvalue weighted by atomic mass is 10.4. The smallest absolute Gasteiger partial charge is 0.228 e. The van der Waals surface area contributed by atoms with Gasteiger partial charge >= 0.3 is 0 Å². The third kappa shape index (κ3) is 5.45. The molecule has 0 heterocycles. The zero-order valence-electron chi connectivity index (χ0n) is 9.04. The third-order valence-corrected chi connectivity index (χ3v) is 5.84. The largest absolute Gasteiger partial charge is 0.395 e. The second-order valence-corrected chi connectivity index (χ2v) is 8.01. The van der Waals surface area contributed by atoms with Crippen LogP contribution in [0.25, 0.3) is 0 Å². The molecule has 0 radical (unpaired) electrons. The fourth-order valence-corrected chi connectivity index (χ4v) is 4.86.